The first kappa shape index (κ1) is 16.6. The zero-order valence-electron chi connectivity index (χ0n) is 14.5. The van der Waals surface area contributed by atoms with Gasteiger partial charge in [0.15, 0.2) is 0 Å². The number of hydrogen-bond donors (Lipinski definition) is 3. The number of carboxylic acid groups (broad SMARTS) is 1. The number of amides is 1. The van der Waals surface area contributed by atoms with Crippen molar-refractivity contribution in [2.45, 2.75) is 69.4 Å². The van der Waals surface area contributed by atoms with Crippen LogP contribution in [0.1, 0.15) is 61.5 Å². The van der Waals surface area contributed by atoms with Crippen molar-refractivity contribution in [3.8, 4) is 0 Å². The van der Waals surface area contributed by atoms with Gasteiger partial charge in [-0.2, -0.15) is 0 Å². The topological polar surface area (TPSA) is 98.3 Å². The van der Waals surface area contributed by atoms with Crippen LogP contribution in [0.3, 0.4) is 0 Å². The number of aromatic nitrogens is 2. The molecule has 2 aliphatic carbocycles. The molecule has 0 bridgehead atoms. The van der Waals surface area contributed by atoms with E-state index in [1.165, 1.54) is 0 Å². The molecule has 0 unspecified atom stereocenters. The van der Waals surface area contributed by atoms with E-state index in [1.54, 1.807) is 0 Å². The van der Waals surface area contributed by atoms with Gasteiger partial charge >= 0.3 is 6.09 Å². The van der Waals surface area contributed by atoms with Crippen molar-refractivity contribution >= 4 is 6.09 Å². The Bertz CT molecular complexity index is 703. The molecule has 0 radical (unpaired) electrons. The van der Waals surface area contributed by atoms with Crippen molar-refractivity contribution in [3.63, 3.8) is 0 Å². The molecule has 4 rings (SSSR count). The first-order valence-electron chi connectivity index (χ1n) is 9.45. The zero-order chi connectivity index (χ0) is 17.4. The Balaban J connectivity index is 1.34. The molecule has 25 heavy (non-hydrogen) atoms. The number of likely N-dealkylation sites (tertiary alicyclic amines) is 1. The molecular formula is C18H26N4O3. The molecular weight excluding hydrogens is 320 g/mol. The predicted octanol–water partition coefficient (Wildman–Crippen LogP) is 1.63. The van der Waals surface area contributed by atoms with Gasteiger partial charge in [0.2, 0.25) is 0 Å². The Morgan fingerprint density at radius 2 is 1.88 bits per heavy atom. The van der Waals surface area contributed by atoms with Gasteiger partial charge in [-0.15, -0.1) is 0 Å². The quantitative estimate of drug-likeness (QED) is 0.773. The van der Waals surface area contributed by atoms with E-state index in [-0.39, 0.29) is 11.6 Å². The number of rotatable bonds is 3. The summed E-state index contributed by atoms with van der Waals surface area (Å²) in [5.41, 5.74) is 2.01. The van der Waals surface area contributed by atoms with Gasteiger partial charge in [-0.3, -0.25) is 9.69 Å². The van der Waals surface area contributed by atoms with Crippen LogP contribution >= 0.6 is 0 Å². The van der Waals surface area contributed by atoms with Crippen molar-refractivity contribution in [2.75, 3.05) is 13.1 Å². The van der Waals surface area contributed by atoms with Crippen molar-refractivity contribution in [1.82, 2.24) is 20.2 Å². The van der Waals surface area contributed by atoms with Gasteiger partial charge in [0, 0.05) is 30.6 Å². The SMILES string of the molecule is O=C(O)NC1CN(C2CCC(c3nc4c(c(=O)[nH]3)CCCC4)CC2)C1. The number of aromatic amines is 1. The minimum Gasteiger partial charge on any atom is -0.465 e. The molecule has 1 aromatic heterocycles. The van der Waals surface area contributed by atoms with Crippen LogP contribution in [0, 0.1) is 0 Å². The molecule has 1 saturated heterocycles. The number of nitrogens with one attached hydrogen (secondary N) is 2. The van der Waals surface area contributed by atoms with Crippen LogP contribution < -0.4 is 10.9 Å². The summed E-state index contributed by atoms with van der Waals surface area (Å²) in [6.07, 6.45) is 7.36. The van der Waals surface area contributed by atoms with Gasteiger partial charge in [-0.05, 0) is 51.4 Å². The second-order valence-electron chi connectivity index (χ2n) is 7.69. The third kappa shape index (κ3) is 3.42. The molecule has 1 aromatic rings. The van der Waals surface area contributed by atoms with Crippen molar-refractivity contribution in [3.05, 3.63) is 27.4 Å². The van der Waals surface area contributed by atoms with E-state index in [0.717, 1.165) is 81.5 Å². The Morgan fingerprint density at radius 1 is 1.16 bits per heavy atom. The fourth-order valence-electron chi connectivity index (χ4n) is 4.61. The number of carbonyl (C=O) groups is 1. The number of H-pyrrole nitrogens is 1. The first-order chi connectivity index (χ1) is 12.1. The summed E-state index contributed by atoms with van der Waals surface area (Å²) in [6, 6.07) is 0.612. The first-order valence-corrected chi connectivity index (χ1v) is 9.45. The normalized spacial score (nSPS) is 27.4. The monoisotopic (exact) mass is 346 g/mol. The highest BCUT2D eigenvalue weighted by molar-refractivity contribution is 5.65. The molecule has 1 saturated carbocycles. The Kier molecular flexibility index (Phi) is 4.50. The molecule has 0 spiro atoms. The van der Waals surface area contributed by atoms with E-state index >= 15 is 0 Å². The van der Waals surface area contributed by atoms with Crippen molar-refractivity contribution in [1.29, 1.82) is 0 Å². The van der Waals surface area contributed by atoms with E-state index in [1.807, 2.05) is 0 Å². The molecule has 2 fully saturated rings. The summed E-state index contributed by atoms with van der Waals surface area (Å²) in [6.45, 7) is 1.63. The predicted molar refractivity (Wildman–Crippen MR) is 93.0 cm³/mol. The lowest BCUT2D eigenvalue weighted by Crippen LogP contribution is -2.62. The number of nitrogens with zero attached hydrogens (tertiary/aromatic N) is 2. The number of fused-ring (bicyclic) bond motifs is 1. The largest absolute Gasteiger partial charge is 0.465 e. The third-order valence-electron chi connectivity index (χ3n) is 6.05. The van der Waals surface area contributed by atoms with Crippen LogP contribution in [-0.4, -0.2) is 51.2 Å². The van der Waals surface area contributed by atoms with Gasteiger partial charge in [0.05, 0.1) is 11.7 Å². The highest BCUT2D eigenvalue weighted by atomic mass is 16.4. The van der Waals surface area contributed by atoms with E-state index < -0.39 is 6.09 Å². The lowest BCUT2D eigenvalue weighted by Gasteiger charge is -2.46. The zero-order valence-corrected chi connectivity index (χ0v) is 14.5. The molecule has 1 aliphatic heterocycles. The van der Waals surface area contributed by atoms with Gasteiger partial charge in [-0.25, -0.2) is 9.78 Å². The summed E-state index contributed by atoms with van der Waals surface area (Å²) in [5, 5.41) is 11.3. The van der Waals surface area contributed by atoms with Crippen molar-refractivity contribution in [2.24, 2.45) is 0 Å². The van der Waals surface area contributed by atoms with E-state index in [9.17, 15) is 9.59 Å². The lowest BCUT2D eigenvalue weighted by atomic mass is 9.83. The molecule has 7 heteroatoms. The van der Waals surface area contributed by atoms with Crippen LogP contribution in [0.4, 0.5) is 4.79 Å². The van der Waals surface area contributed by atoms with E-state index in [4.69, 9.17) is 10.1 Å². The molecule has 0 atom stereocenters. The van der Waals surface area contributed by atoms with Crippen LogP contribution in [-0.2, 0) is 12.8 Å². The molecule has 136 valence electrons. The summed E-state index contributed by atoms with van der Waals surface area (Å²) in [5.74, 6) is 1.24. The van der Waals surface area contributed by atoms with Crippen LogP contribution in [0.25, 0.3) is 0 Å². The smallest absolute Gasteiger partial charge is 0.404 e. The molecule has 7 nitrogen and oxygen atoms in total. The van der Waals surface area contributed by atoms with Crippen LogP contribution in [0.15, 0.2) is 4.79 Å². The van der Waals surface area contributed by atoms with E-state index in [0.29, 0.717) is 12.0 Å². The standard InChI is InChI=1S/C18H26N4O3/c23-17-14-3-1-2-4-15(14)20-16(21-17)11-5-7-13(8-6-11)22-9-12(10-22)19-18(24)25/h11-13,19H,1-10H2,(H,24,25)(H,20,21,23). The second-order valence-corrected chi connectivity index (χ2v) is 7.69. The minimum absolute atomic E-state index is 0.0761. The van der Waals surface area contributed by atoms with E-state index in [2.05, 4.69) is 15.2 Å². The van der Waals surface area contributed by atoms with Gasteiger partial charge in [0.1, 0.15) is 5.82 Å². The fourth-order valence-corrected chi connectivity index (χ4v) is 4.61. The molecule has 2 heterocycles. The maximum Gasteiger partial charge on any atom is 0.404 e. The molecule has 3 N–H and O–H groups in total. The lowest BCUT2D eigenvalue weighted by molar-refractivity contribution is 0.0526. The van der Waals surface area contributed by atoms with Gasteiger partial charge in [-0.1, -0.05) is 0 Å². The highest BCUT2D eigenvalue weighted by Gasteiger charge is 2.36. The van der Waals surface area contributed by atoms with Crippen LogP contribution in [0.2, 0.25) is 0 Å². The average Bonchev–Trinajstić information content (AvgIpc) is 2.58. The third-order valence-corrected chi connectivity index (χ3v) is 6.05. The highest BCUT2D eigenvalue weighted by Crippen LogP contribution is 2.34. The second kappa shape index (κ2) is 6.78. The minimum atomic E-state index is -0.934. The molecule has 3 aliphatic rings. The Hall–Kier alpha value is -1.89. The number of hydrogen-bond acceptors (Lipinski definition) is 4. The summed E-state index contributed by atoms with van der Waals surface area (Å²) < 4.78 is 0. The van der Waals surface area contributed by atoms with Crippen molar-refractivity contribution < 1.29 is 9.90 Å². The van der Waals surface area contributed by atoms with Crippen LogP contribution in [0.5, 0.6) is 0 Å². The average molecular weight is 346 g/mol. The summed E-state index contributed by atoms with van der Waals surface area (Å²) >= 11 is 0. The Labute approximate surface area is 146 Å². The summed E-state index contributed by atoms with van der Waals surface area (Å²) in [7, 11) is 0. The van der Waals surface area contributed by atoms with Gasteiger partial charge < -0.3 is 15.4 Å². The maximum atomic E-state index is 12.3. The summed E-state index contributed by atoms with van der Waals surface area (Å²) in [4.78, 5) is 33.2. The van der Waals surface area contributed by atoms with Gasteiger partial charge in [0.25, 0.3) is 5.56 Å². The maximum absolute atomic E-state index is 12.3. The number of aryl methyl sites for hydroxylation is 1. The molecule has 1 amide bonds. The molecule has 0 aromatic carbocycles. The fraction of sp³-hybridized carbons (Fsp3) is 0.722. The Morgan fingerprint density at radius 3 is 2.60 bits per heavy atom.